The van der Waals surface area contributed by atoms with Gasteiger partial charge in [0, 0.05) is 44.5 Å². The van der Waals surface area contributed by atoms with Gasteiger partial charge in [0.2, 0.25) is 5.95 Å². The summed E-state index contributed by atoms with van der Waals surface area (Å²) in [4.78, 5) is 12.9. The molecule has 1 aromatic heterocycles. The van der Waals surface area contributed by atoms with Gasteiger partial charge < -0.3 is 15.7 Å². The number of nitrogens with zero attached hydrogens (tertiary/aromatic N) is 4. The van der Waals surface area contributed by atoms with Crippen LogP contribution in [-0.2, 0) is 0 Å². The zero-order valence-corrected chi connectivity index (χ0v) is 11.9. The molecule has 19 heavy (non-hydrogen) atoms. The van der Waals surface area contributed by atoms with E-state index in [2.05, 4.69) is 19.8 Å². The van der Waals surface area contributed by atoms with Crippen LogP contribution >= 0.6 is 0 Å². The fraction of sp³-hybridized carbons (Fsp3) is 0.692. The Morgan fingerprint density at radius 3 is 2.42 bits per heavy atom. The van der Waals surface area contributed by atoms with E-state index in [0.717, 1.165) is 37.7 Å². The van der Waals surface area contributed by atoms with Crippen molar-refractivity contribution >= 4 is 11.8 Å². The largest absolute Gasteiger partial charge is 0.389 e. The summed E-state index contributed by atoms with van der Waals surface area (Å²) in [6, 6.07) is 1.96. The van der Waals surface area contributed by atoms with E-state index >= 15 is 0 Å². The number of aromatic nitrogens is 2. The third-order valence-corrected chi connectivity index (χ3v) is 3.16. The first-order valence-corrected chi connectivity index (χ1v) is 6.64. The van der Waals surface area contributed by atoms with Crippen LogP contribution in [0.5, 0.6) is 0 Å². The lowest BCUT2D eigenvalue weighted by Gasteiger charge is -2.37. The van der Waals surface area contributed by atoms with Crippen LogP contribution in [0.1, 0.15) is 19.5 Å². The zero-order valence-electron chi connectivity index (χ0n) is 11.9. The smallest absolute Gasteiger partial charge is 0.222 e. The number of anilines is 2. The van der Waals surface area contributed by atoms with E-state index in [0.29, 0.717) is 12.5 Å². The highest BCUT2D eigenvalue weighted by molar-refractivity contribution is 5.43. The standard InChI is InChI=1S/C13H23N5O/c1-10-8-11(16-12(14)15-10)18-6-4-17(5-7-18)9-13(2,3)19/h8,19H,4-7,9H2,1-3H3,(H2,14,15,16). The van der Waals surface area contributed by atoms with Crippen LogP contribution < -0.4 is 10.6 Å². The number of aryl methyl sites for hydroxylation is 1. The highest BCUT2D eigenvalue weighted by atomic mass is 16.3. The molecule has 2 heterocycles. The summed E-state index contributed by atoms with van der Waals surface area (Å²) in [7, 11) is 0. The lowest BCUT2D eigenvalue weighted by molar-refractivity contribution is 0.0344. The van der Waals surface area contributed by atoms with Gasteiger partial charge in [0.15, 0.2) is 0 Å². The quantitative estimate of drug-likeness (QED) is 0.816. The normalized spacial score (nSPS) is 17.8. The van der Waals surface area contributed by atoms with Crippen molar-refractivity contribution in [2.45, 2.75) is 26.4 Å². The lowest BCUT2D eigenvalue weighted by atomic mass is 10.1. The average Bonchev–Trinajstić information content (AvgIpc) is 2.26. The van der Waals surface area contributed by atoms with Gasteiger partial charge >= 0.3 is 0 Å². The van der Waals surface area contributed by atoms with Crippen LogP contribution in [0.25, 0.3) is 0 Å². The van der Waals surface area contributed by atoms with Crippen LogP contribution in [-0.4, -0.2) is 58.3 Å². The molecule has 1 aliphatic rings. The van der Waals surface area contributed by atoms with Crippen molar-refractivity contribution in [1.82, 2.24) is 14.9 Å². The molecule has 6 heteroatoms. The lowest BCUT2D eigenvalue weighted by Crippen LogP contribution is -2.50. The first kappa shape index (κ1) is 14.0. The molecule has 0 aliphatic carbocycles. The van der Waals surface area contributed by atoms with Crippen molar-refractivity contribution in [2.75, 3.05) is 43.4 Å². The fourth-order valence-corrected chi connectivity index (χ4v) is 2.42. The Kier molecular flexibility index (Phi) is 3.91. The molecule has 0 amide bonds. The first-order valence-electron chi connectivity index (χ1n) is 6.64. The Balaban J connectivity index is 1.96. The van der Waals surface area contributed by atoms with Gasteiger partial charge in [-0.25, -0.2) is 4.98 Å². The highest BCUT2D eigenvalue weighted by Crippen LogP contribution is 2.16. The molecular formula is C13H23N5O. The van der Waals surface area contributed by atoms with E-state index in [1.165, 1.54) is 0 Å². The molecule has 2 rings (SSSR count). The number of β-amino-alcohol motifs (C(OH)–C–C–N with tert-alkyl or cyclic N) is 1. The average molecular weight is 265 g/mol. The van der Waals surface area contributed by atoms with Gasteiger partial charge in [-0.3, -0.25) is 4.90 Å². The topological polar surface area (TPSA) is 78.5 Å². The first-order chi connectivity index (χ1) is 8.83. The summed E-state index contributed by atoms with van der Waals surface area (Å²) in [6.07, 6.45) is 0. The van der Waals surface area contributed by atoms with Crippen molar-refractivity contribution in [3.63, 3.8) is 0 Å². The van der Waals surface area contributed by atoms with E-state index in [1.807, 2.05) is 26.8 Å². The van der Waals surface area contributed by atoms with Crippen molar-refractivity contribution in [2.24, 2.45) is 0 Å². The number of hydrogen-bond donors (Lipinski definition) is 2. The molecule has 0 unspecified atom stereocenters. The van der Waals surface area contributed by atoms with Crippen LogP contribution in [0, 0.1) is 6.92 Å². The second-order valence-electron chi connectivity index (χ2n) is 5.80. The van der Waals surface area contributed by atoms with Gasteiger partial charge in [0.05, 0.1) is 5.60 Å². The second-order valence-corrected chi connectivity index (χ2v) is 5.80. The van der Waals surface area contributed by atoms with Gasteiger partial charge in [0.25, 0.3) is 0 Å². The van der Waals surface area contributed by atoms with Gasteiger partial charge in [-0.15, -0.1) is 0 Å². The molecule has 1 saturated heterocycles. The molecule has 6 nitrogen and oxygen atoms in total. The number of aliphatic hydroxyl groups is 1. The second kappa shape index (κ2) is 5.30. The van der Waals surface area contributed by atoms with E-state index in [-0.39, 0.29) is 0 Å². The molecule has 0 saturated carbocycles. The maximum Gasteiger partial charge on any atom is 0.222 e. The molecule has 0 bridgehead atoms. The molecule has 0 radical (unpaired) electrons. The fourth-order valence-electron chi connectivity index (χ4n) is 2.42. The van der Waals surface area contributed by atoms with Crippen LogP contribution in [0.4, 0.5) is 11.8 Å². The Bertz CT molecular complexity index is 415. The van der Waals surface area contributed by atoms with Crippen molar-refractivity contribution in [1.29, 1.82) is 0 Å². The van der Waals surface area contributed by atoms with E-state index in [9.17, 15) is 5.11 Å². The van der Waals surface area contributed by atoms with Gasteiger partial charge in [-0.1, -0.05) is 0 Å². The summed E-state index contributed by atoms with van der Waals surface area (Å²) >= 11 is 0. The molecular weight excluding hydrogens is 242 g/mol. The third kappa shape index (κ3) is 4.04. The summed E-state index contributed by atoms with van der Waals surface area (Å²) in [6.45, 7) is 9.94. The SMILES string of the molecule is Cc1cc(N2CCN(CC(C)(C)O)CC2)nc(N)n1. The Morgan fingerprint density at radius 2 is 1.89 bits per heavy atom. The summed E-state index contributed by atoms with van der Waals surface area (Å²) in [5, 5.41) is 9.83. The molecule has 0 spiro atoms. The summed E-state index contributed by atoms with van der Waals surface area (Å²) < 4.78 is 0. The molecule has 1 fully saturated rings. The van der Waals surface area contributed by atoms with E-state index in [1.54, 1.807) is 0 Å². The van der Waals surface area contributed by atoms with Gasteiger partial charge in [-0.05, 0) is 20.8 Å². The number of nitrogens with two attached hydrogens (primary N) is 1. The maximum absolute atomic E-state index is 9.83. The van der Waals surface area contributed by atoms with E-state index in [4.69, 9.17) is 5.73 Å². The number of nitrogen functional groups attached to an aromatic ring is 1. The minimum Gasteiger partial charge on any atom is -0.389 e. The summed E-state index contributed by atoms with van der Waals surface area (Å²) in [5.41, 5.74) is 5.93. The van der Waals surface area contributed by atoms with Gasteiger partial charge in [-0.2, -0.15) is 4.98 Å². The van der Waals surface area contributed by atoms with Crippen LogP contribution in [0.3, 0.4) is 0 Å². The minimum atomic E-state index is -0.641. The Hall–Kier alpha value is -1.40. The van der Waals surface area contributed by atoms with Crippen molar-refractivity contribution in [3.05, 3.63) is 11.8 Å². The third-order valence-electron chi connectivity index (χ3n) is 3.16. The van der Waals surface area contributed by atoms with E-state index < -0.39 is 5.60 Å². The monoisotopic (exact) mass is 265 g/mol. The predicted molar refractivity (Wildman–Crippen MR) is 76.1 cm³/mol. The molecule has 1 aromatic rings. The summed E-state index contributed by atoms with van der Waals surface area (Å²) in [5.74, 6) is 1.22. The maximum atomic E-state index is 9.83. The van der Waals surface area contributed by atoms with Crippen LogP contribution in [0.15, 0.2) is 6.07 Å². The number of hydrogen-bond acceptors (Lipinski definition) is 6. The highest BCUT2D eigenvalue weighted by Gasteiger charge is 2.23. The Morgan fingerprint density at radius 1 is 1.26 bits per heavy atom. The van der Waals surface area contributed by atoms with Gasteiger partial charge in [0.1, 0.15) is 5.82 Å². The molecule has 106 valence electrons. The molecule has 3 N–H and O–H groups in total. The van der Waals surface area contributed by atoms with Crippen molar-refractivity contribution in [3.8, 4) is 0 Å². The number of rotatable bonds is 3. The number of piperazine rings is 1. The van der Waals surface area contributed by atoms with Crippen molar-refractivity contribution < 1.29 is 5.11 Å². The zero-order chi connectivity index (χ0) is 14.0. The minimum absolute atomic E-state index is 0.328. The van der Waals surface area contributed by atoms with Crippen LogP contribution in [0.2, 0.25) is 0 Å². The molecule has 0 aromatic carbocycles. The molecule has 0 atom stereocenters. The molecule has 1 aliphatic heterocycles. The predicted octanol–water partition coefficient (Wildman–Crippen LogP) is 0.260. The Labute approximate surface area is 114 Å².